The Labute approximate surface area is 121 Å². The third-order valence-electron chi connectivity index (χ3n) is 2.98. The fourth-order valence-electron chi connectivity index (χ4n) is 1.98. The second-order valence-electron chi connectivity index (χ2n) is 4.68. The largest absolute Gasteiger partial charge is 0.491 e. The van der Waals surface area contributed by atoms with Gasteiger partial charge in [0.2, 0.25) is 5.82 Å². The predicted octanol–water partition coefficient (Wildman–Crippen LogP) is 4.83. The highest BCUT2D eigenvalue weighted by Crippen LogP contribution is 2.34. The summed E-state index contributed by atoms with van der Waals surface area (Å²) in [6, 6.07) is 4.20. The van der Waals surface area contributed by atoms with Crippen molar-refractivity contribution in [2.75, 3.05) is 13.2 Å². The first-order valence-corrected chi connectivity index (χ1v) is 6.95. The first-order chi connectivity index (χ1) is 10.1. The third-order valence-corrected chi connectivity index (χ3v) is 2.98. The Morgan fingerprint density at radius 2 is 1.43 bits per heavy atom. The maximum absolute atomic E-state index is 14.2. The lowest BCUT2D eigenvalue weighted by molar-refractivity contribution is 0.295. The zero-order chi connectivity index (χ0) is 15.4. The van der Waals surface area contributed by atoms with Crippen molar-refractivity contribution in [1.29, 1.82) is 0 Å². The van der Waals surface area contributed by atoms with E-state index < -0.39 is 22.8 Å². The normalized spacial score (nSPS) is 10.9. The summed E-state index contributed by atoms with van der Waals surface area (Å²) >= 11 is 0. The van der Waals surface area contributed by atoms with Gasteiger partial charge in [0.25, 0.3) is 0 Å². The fourth-order valence-corrected chi connectivity index (χ4v) is 1.98. The molecule has 0 spiro atoms. The molecule has 2 rings (SSSR count). The summed E-state index contributed by atoms with van der Waals surface area (Å²) in [5, 5.41) is -0.175. The fraction of sp³-hybridized carbons (Fsp3) is 0.375. The van der Waals surface area contributed by atoms with Crippen molar-refractivity contribution in [3.63, 3.8) is 0 Å². The first-order valence-electron chi connectivity index (χ1n) is 6.95. The molecule has 0 N–H and O–H groups in total. The SMILES string of the molecule is CCCOc1cc2ccc(OCCC)c(F)c2c(F)c1F. The van der Waals surface area contributed by atoms with E-state index >= 15 is 0 Å². The summed E-state index contributed by atoms with van der Waals surface area (Å²) < 4.78 is 52.6. The Morgan fingerprint density at radius 1 is 0.810 bits per heavy atom. The minimum absolute atomic E-state index is 0.0788. The van der Waals surface area contributed by atoms with Gasteiger partial charge in [-0.2, -0.15) is 4.39 Å². The van der Waals surface area contributed by atoms with Crippen LogP contribution in [0.15, 0.2) is 18.2 Å². The maximum atomic E-state index is 14.2. The van der Waals surface area contributed by atoms with Crippen LogP contribution in [0.2, 0.25) is 0 Å². The van der Waals surface area contributed by atoms with Gasteiger partial charge >= 0.3 is 0 Å². The van der Waals surface area contributed by atoms with Gasteiger partial charge in [-0.3, -0.25) is 0 Å². The monoisotopic (exact) mass is 298 g/mol. The summed E-state index contributed by atoms with van der Waals surface area (Å²) in [6.45, 7) is 4.30. The standard InChI is InChI=1S/C16H17F3O2/c1-3-7-20-11-6-5-10-9-12(21-8-4-2)15(18)16(19)13(10)14(11)17/h5-6,9H,3-4,7-8H2,1-2H3. The molecule has 0 radical (unpaired) electrons. The second-order valence-corrected chi connectivity index (χ2v) is 4.68. The van der Waals surface area contributed by atoms with Gasteiger partial charge in [0.15, 0.2) is 23.1 Å². The van der Waals surface area contributed by atoms with E-state index in [9.17, 15) is 13.2 Å². The lowest BCUT2D eigenvalue weighted by Crippen LogP contribution is -2.02. The van der Waals surface area contributed by atoms with Crippen LogP contribution in [0.3, 0.4) is 0 Å². The number of ether oxygens (including phenoxy) is 2. The molecular formula is C16H17F3O2. The number of fused-ring (bicyclic) bond motifs is 1. The molecule has 0 bridgehead atoms. The molecule has 0 saturated heterocycles. The molecule has 0 aliphatic heterocycles. The van der Waals surface area contributed by atoms with Crippen molar-refractivity contribution in [2.24, 2.45) is 0 Å². The summed E-state index contributed by atoms with van der Waals surface area (Å²) in [7, 11) is 0. The highest BCUT2D eigenvalue weighted by molar-refractivity contribution is 5.86. The molecule has 114 valence electrons. The summed E-state index contributed by atoms with van der Waals surface area (Å²) in [5.41, 5.74) is 0. The van der Waals surface area contributed by atoms with E-state index in [4.69, 9.17) is 9.47 Å². The van der Waals surface area contributed by atoms with Crippen LogP contribution in [0.4, 0.5) is 13.2 Å². The minimum Gasteiger partial charge on any atom is -0.491 e. The van der Waals surface area contributed by atoms with Crippen LogP contribution >= 0.6 is 0 Å². The molecule has 0 amide bonds. The molecular weight excluding hydrogens is 281 g/mol. The number of rotatable bonds is 6. The van der Waals surface area contributed by atoms with Crippen molar-refractivity contribution in [3.05, 3.63) is 35.7 Å². The van der Waals surface area contributed by atoms with Crippen molar-refractivity contribution in [2.45, 2.75) is 26.7 Å². The third kappa shape index (κ3) is 3.06. The molecule has 0 aliphatic rings. The van der Waals surface area contributed by atoms with Crippen LogP contribution in [-0.2, 0) is 0 Å². The molecule has 21 heavy (non-hydrogen) atoms. The van der Waals surface area contributed by atoms with Crippen molar-refractivity contribution < 1.29 is 22.6 Å². The van der Waals surface area contributed by atoms with Crippen molar-refractivity contribution >= 4 is 10.8 Å². The molecule has 0 aliphatic carbocycles. The Kier molecular flexibility index (Phi) is 4.94. The van der Waals surface area contributed by atoms with Crippen LogP contribution in [-0.4, -0.2) is 13.2 Å². The van der Waals surface area contributed by atoms with Gasteiger partial charge in [-0.05, 0) is 30.4 Å². The molecule has 0 atom stereocenters. The molecule has 0 heterocycles. The first kappa shape index (κ1) is 15.5. The van der Waals surface area contributed by atoms with E-state index in [2.05, 4.69) is 0 Å². The highest BCUT2D eigenvalue weighted by atomic mass is 19.2. The lowest BCUT2D eigenvalue weighted by atomic mass is 10.1. The van der Waals surface area contributed by atoms with Crippen molar-refractivity contribution in [3.8, 4) is 11.5 Å². The van der Waals surface area contributed by atoms with Crippen LogP contribution < -0.4 is 9.47 Å². The molecule has 0 fully saturated rings. The minimum atomic E-state index is -1.25. The number of halogens is 3. The van der Waals surface area contributed by atoms with Crippen LogP contribution in [0.25, 0.3) is 10.8 Å². The zero-order valence-corrected chi connectivity index (χ0v) is 12.0. The van der Waals surface area contributed by atoms with Gasteiger partial charge in [-0.1, -0.05) is 19.9 Å². The van der Waals surface area contributed by atoms with E-state index in [1.165, 1.54) is 18.2 Å². The molecule has 2 aromatic rings. The van der Waals surface area contributed by atoms with Crippen LogP contribution in [0.5, 0.6) is 11.5 Å². The van der Waals surface area contributed by atoms with Crippen LogP contribution in [0.1, 0.15) is 26.7 Å². The number of hydrogen-bond acceptors (Lipinski definition) is 2. The van der Waals surface area contributed by atoms with E-state index in [0.29, 0.717) is 19.4 Å². The number of hydrogen-bond donors (Lipinski definition) is 0. The molecule has 0 saturated carbocycles. The van der Waals surface area contributed by atoms with E-state index in [1.807, 2.05) is 13.8 Å². The van der Waals surface area contributed by atoms with Gasteiger partial charge in [0.05, 0.1) is 18.6 Å². The highest BCUT2D eigenvalue weighted by Gasteiger charge is 2.20. The Morgan fingerprint density at radius 3 is 2.05 bits per heavy atom. The number of benzene rings is 2. The van der Waals surface area contributed by atoms with Crippen LogP contribution in [0, 0.1) is 17.5 Å². The average molecular weight is 298 g/mol. The quantitative estimate of drug-likeness (QED) is 0.760. The van der Waals surface area contributed by atoms with Gasteiger partial charge in [-0.15, -0.1) is 0 Å². The topological polar surface area (TPSA) is 18.5 Å². The molecule has 0 unspecified atom stereocenters. The van der Waals surface area contributed by atoms with Crippen molar-refractivity contribution in [1.82, 2.24) is 0 Å². The average Bonchev–Trinajstić information content (AvgIpc) is 2.48. The lowest BCUT2D eigenvalue weighted by Gasteiger charge is -2.12. The summed E-state index contributed by atoms with van der Waals surface area (Å²) in [4.78, 5) is 0. The second kappa shape index (κ2) is 6.70. The van der Waals surface area contributed by atoms with E-state index in [-0.39, 0.29) is 23.5 Å². The van der Waals surface area contributed by atoms with Gasteiger partial charge in [-0.25, -0.2) is 8.78 Å². The van der Waals surface area contributed by atoms with Gasteiger partial charge in [0.1, 0.15) is 0 Å². The van der Waals surface area contributed by atoms with Gasteiger partial charge < -0.3 is 9.47 Å². The van der Waals surface area contributed by atoms with E-state index in [1.54, 1.807) is 0 Å². The predicted molar refractivity (Wildman–Crippen MR) is 75.4 cm³/mol. The summed E-state index contributed by atoms with van der Waals surface area (Å²) in [6.07, 6.45) is 1.36. The van der Waals surface area contributed by atoms with Gasteiger partial charge in [0, 0.05) is 0 Å². The Balaban J connectivity index is 2.53. The maximum Gasteiger partial charge on any atom is 0.201 e. The molecule has 5 heteroatoms. The Bertz CT molecular complexity index is 641. The Hall–Kier alpha value is -1.91. The molecule has 2 aromatic carbocycles. The summed E-state index contributed by atoms with van der Waals surface area (Å²) in [5.74, 6) is -3.60. The smallest absolute Gasteiger partial charge is 0.201 e. The molecule has 0 aromatic heterocycles. The zero-order valence-electron chi connectivity index (χ0n) is 12.0. The molecule has 2 nitrogen and oxygen atoms in total. The van der Waals surface area contributed by atoms with E-state index in [0.717, 1.165) is 0 Å².